The Hall–Kier alpha value is -3.99. The number of ketones is 1. The SMILES string of the molecule is CN1CCN(c2c(F)cc3c(=O)c(C(=O)C=Cc4ccc([N+](=O)[O-])cc4)cn(CCF)c3c2F)CC1. The second-order valence-corrected chi connectivity index (χ2v) is 8.51. The van der Waals surface area contributed by atoms with Crippen LogP contribution in [0.15, 0.2) is 47.4 Å². The number of non-ortho nitro benzene ring substituents is 1. The summed E-state index contributed by atoms with van der Waals surface area (Å²) in [6.07, 6.45) is 3.52. The summed E-state index contributed by atoms with van der Waals surface area (Å²) in [6, 6.07) is 6.28. The van der Waals surface area contributed by atoms with E-state index in [1.165, 1.54) is 30.3 Å². The predicted molar refractivity (Wildman–Crippen MR) is 130 cm³/mol. The van der Waals surface area contributed by atoms with Crippen LogP contribution in [0.2, 0.25) is 0 Å². The third-order valence-electron chi connectivity index (χ3n) is 6.17. The number of halogens is 3. The average molecular weight is 500 g/mol. The van der Waals surface area contributed by atoms with Gasteiger partial charge in [-0.15, -0.1) is 0 Å². The van der Waals surface area contributed by atoms with Crippen LogP contribution in [0.4, 0.5) is 24.5 Å². The van der Waals surface area contributed by atoms with Crippen molar-refractivity contribution < 1.29 is 22.9 Å². The number of benzene rings is 2. The summed E-state index contributed by atoms with van der Waals surface area (Å²) in [5.74, 6) is -2.66. The van der Waals surface area contributed by atoms with Gasteiger partial charge in [-0.25, -0.2) is 13.2 Å². The molecule has 0 aliphatic carbocycles. The molecule has 0 radical (unpaired) electrons. The van der Waals surface area contributed by atoms with Gasteiger partial charge < -0.3 is 14.4 Å². The van der Waals surface area contributed by atoms with E-state index in [-0.39, 0.29) is 34.4 Å². The molecule has 1 aliphatic rings. The molecule has 1 fully saturated rings. The van der Waals surface area contributed by atoms with Crippen molar-refractivity contribution in [2.75, 3.05) is 44.8 Å². The lowest BCUT2D eigenvalue weighted by molar-refractivity contribution is -0.384. The summed E-state index contributed by atoms with van der Waals surface area (Å²) in [7, 11) is 1.90. The monoisotopic (exact) mass is 500 g/mol. The number of hydrogen-bond donors (Lipinski definition) is 0. The van der Waals surface area contributed by atoms with Gasteiger partial charge in [0, 0.05) is 44.5 Å². The van der Waals surface area contributed by atoms with Crippen molar-refractivity contribution in [2.24, 2.45) is 0 Å². The van der Waals surface area contributed by atoms with Crippen LogP contribution in [0.5, 0.6) is 0 Å². The van der Waals surface area contributed by atoms with E-state index >= 15 is 8.78 Å². The maximum absolute atomic E-state index is 15.6. The normalized spacial score (nSPS) is 14.6. The number of aromatic nitrogens is 1. The van der Waals surface area contributed by atoms with Gasteiger partial charge in [-0.3, -0.25) is 19.7 Å². The number of rotatable bonds is 7. The maximum Gasteiger partial charge on any atom is 0.269 e. The van der Waals surface area contributed by atoms with Crippen LogP contribution >= 0.6 is 0 Å². The number of piperazine rings is 1. The first-order chi connectivity index (χ1) is 17.2. The number of fused-ring (bicyclic) bond motifs is 1. The van der Waals surface area contributed by atoms with Crippen molar-refractivity contribution in [3.63, 3.8) is 0 Å². The molecule has 2 heterocycles. The average Bonchev–Trinajstić information content (AvgIpc) is 2.85. The Kier molecular flexibility index (Phi) is 7.20. The summed E-state index contributed by atoms with van der Waals surface area (Å²) >= 11 is 0. The van der Waals surface area contributed by atoms with Crippen LogP contribution in [-0.4, -0.2) is 60.1 Å². The zero-order valence-electron chi connectivity index (χ0n) is 19.4. The van der Waals surface area contributed by atoms with Gasteiger partial charge in [0.25, 0.3) is 5.69 Å². The third-order valence-corrected chi connectivity index (χ3v) is 6.17. The topological polar surface area (TPSA) is 88.7 Å². The first kappa shape index (κ1) is 25.1. The Bertz CT molecular complexity index is 1410. The van der Waals surface area contributed by atoms with Gasteiger partial charge in [0.1, 0.15) is 18.2 Å². The largest absolute Gasteiger partial charge is 0.364 e. The summed E-state index contributed by atoms with van der Waals surface area (Å²) in [5.41, 5.74) is -1.44. The molecule has 188 valence electrons. The number of alkyl halides is 1. The summed E-state index contributed by atoms with van der Waals surface area (Å²) in [5, 5.41) is 10.4. The molecule has 0 atom stereocenters. The molecule has 4 rings (SSSR count). The number of nitro groups is 1. The number of nitro benzene ring substituents is 1. The lowest BCUT2D eigenvalue weighted by Crippen LogP contribution is -2.45. The van der Waals surface area contributed by atoms with Gasteiger partial charge in [0.05, 0.1) is 27.9 Å². The Morgan fingerprint density at radius 1 is 1.14 bits per heavy atom. The summed E-state index contributed by atoms with van der Waals surface area (Å²) in [6.45, 7) is 0.727. The molecule has 0 spiro atoms. The Morgan fingerprint density at radius 3 is 2.42 bits per heavy atom. The standard InChI is InChI=1S/C25H23F3N4O4/c1-29-10-12-30(13-11-29)24-20(27)14-18-23(22(24)28)31(9-8-26)15-19(25(18)34)21(33)7-4-16-2-5-17(6-3-16)32(35)36/h2-7,14-15H,8-13H2,1H3. The fourth-order valence-electron chi connectivity index (χ4n) is 4.21. The van der Waals surface area contributed by atoms with E-state index in [9.17, 15) is 24.1 Å². The second kappa shape index (κ2) is 10.3. The van der Waals surface area contributed by atoms with Crippen LogP contribution in [0.1, 0.15) is 15.9 Å². The number of hydrogen-bond acceptors (Lipinski definition) is 6. The zero-order valence-corrected chi connectivity index (χ0v) is 19.4. The summed E-state index contributed by atoms with van der Waals surface area (Å²) in [4.78, 5) is 39.7. The van der Waals surface area contributed by atoms with E-state index in [4.69, 9.17) is 0 Å². The molecule has 0 amide bonds. The molecule has 1 aliphatic heterocycles. The van der Waals surface area contributed by atoms with Crippen LogP contribution in [0, 0.1) is 21.7 Å². The van der Waals surface area contributed by atoms with E-state index in [0.717, 1.165) is 22.9 Å². The molecular weight excluding hydrogens is 477 g/mol. The van der Waals surface area contributed by atoms with E-state index < -0.39 is 34.4 Å². The quantitative estimate of drug-likeness (QED) is 0.212. The van der Waals surface area contributed by atoms with Gasteiger partial charge in [-0.05, 0) is 36.9 Å². The number of nitrogens with zero attached hydrogens (tertiary/aromatic N) is 4. The molecule has 0 bridgehead atoms. The number of anilines is 1. The highest BCUT2D eigenvalue weighted by Crippen LogP contribution is 2.31. The van der Waals surface area contributed by atoms with Gasteiger partial charge in [-0.1, -0.05) is 6.08 Å². The van der Waals surface area contributed by atoms with E-state index in [1.54, 1.807) is 4.90 Å². The molecular formula is C25H23F3N4O4. The van der Waals surface area contributed by atoms with Crippen molar-refractivity contribution in [3.8, 4) is 0 Å². The number of aryl methyl sites for hydroxylation is 1. The Morgan fingerprint density at radius 2 is 1.81 bits per heavy atom. The highest BCUT2D eigenvalue weighted by molar-refractivity contribution is 6.08. The minimum Gasteiger partial charge on any atom is -0.364 e. The van der Waals surface area contributed by atoms with Gasteiger partial charge in [0.2, 0.25) is 5.43 Å². The van der Waals surface area contributed by atoms with Gasteiger partial charge in [0.15, 0.2) is 11.6 Å². The Balaban J connectivity index is 1.76. The van der Waals surface area contributed by atoms with Crippen molar-refractivity contribution in [1.29, 1.82) is 0 Å². The molecule has 1 saturated heterocycles. The smallest absolute Gasteiger partial charge is 0.269 e. The lowest BCUT2D eigenvalue weighted by atomic mass is 10.0. The second-order valence-electron chi connectivity index (χ2n) is 8.51. The van der Waals surface area contributed by atoms with Crippen LogP contribution in [0.25, 0.3) is 17.0 Å². The van der Waals surface area contributed by atoms with Crippen molar-refractivity contribution >= 4 is 34.1 Å². The first-order valence-electron chi connectivity index (χ1n) is 11.2. The molecule has 0 saturated carbocycles. The molecule has 2 aromatic carbocycles. The van der Waals surface area contributed by atoms with Crippen molar-refractivity contribution in [1.82, 2.24) is 9.47 Å². The van der Waals surface area contributed by atoms with E-state index in [0.29, 0.717) is 31.7 Å². The number of carbonyl (C=O) groups is 1. The van der Waals surface area contributed by atoms with Gasteiger partial charge in [-0.2, -0.15) is 0 Å². The molecule has 11 heteroatoms. The minimum atomic E-state index is -0.972. The molecule has 0 N–H and O–H groups in total. The number of likely N-dealkylation sites (N-methyl/N-ethyl adjacent to an activating group) is 1. The lowest BCUT2D eigenvalue weighted by Gasteiger charge is -2.34. The molecule has 3 aromatic rings. The number of allylic oxidation sites excluding steroid dienone is 1. The van der Waals surface area contributed by atoms with Crippen LogP contribution in [-0.2, 0) is 6.54 Å². The molecule has 36 heavy (non-hydrogen) atoms. The number of pyridine rings is 1. The van der Waals surface area contributed by atoms with Crippen LogP contribution in [0.3, 0.4) is 0 Å². The van der Waals surface area contributed by atoms with Crippen molar-refractivity contribution in [2.45, 2.75) is 6.54 Å². The zero-order chi connectivity index (χ0) is 26.0. The third kappa shape index (κ3) is 4.87. The Labute approximate surface area is 204 Å². The maximum atomic E-state index is 15.6. The molecule has 8 nitrogen and oxygen atoms in total. The highest BCUT2D eigenvalue weighted by Gasteiger charge is 2.26. The van der Waals surface area contributed by atoms with E-state index in [1.807, 2.05) is 11.9 Å². The minimum absolute atomic E-state index is 0.123. The number of carbonyl (C=O) groups excluding carboxylic acids is 1. The van der Waals surface area contributed by atoms with Gasteiger partial charge >= 0.3 is 0 Å². The van der Waals surface area contributed by atoms with Crippen molar-refractivity contribution in [3.05, 3.63) is 85.7 Å². The fourth-order valence-corrected chi connectivity index (χ4v) is 4.21. The molecule has 0 unspecified atom stereocenters. The molecule has 1 aromatic heterocycles. The van der Waals surface area contributed by atoms with E-state index in [2.05, 4.69) is 0 Å². The predicted octanol–water partition coefficient (Wildman–Crippen LogP) is 3.81. The highest BCUT2D eigenvalue weighted by atomic mass is 19.1. The van der Waals surface area contributed by atoms with Crippen LogP contribution < -0.4 is 10.3 Å². The summed E-state index contributed by atoms with van der Waals surface area (Å²) < 4.78 is 45.2. The first-order valence-corrected chi connectivity index (χ1v) is 11.2. The fraction of sp³-hybridized carbons (Fsp3) is 0.280.